The molecular formula is C12H15N3O. The fourth-order valence-corrected chi connectivity index (χ4v) is 2.57. The first-order valence-electron chi connectivity index (χ1n) is 5.82. The first kappa shape index (κ1) is 9.75. The van der Waals surface area contributed by atoms with Crippen LogP contribution >= 0.6 is 0 Å². The predicted molar refractivity (Wildman–Crippen MR) is 58.9 cm³/mol. The number of pyridine rings is 1. The zero-order chi connectivity index (χ0) is 11.0. The van der Waals surface area contributed by atoms with Crippen LogP contribution in [-0.2, 0) is 0 Å². The van der Waals surface area contributed by atoms with E-state index >= 15 is 0 Å². The Morgan fingerprint density at radius 1 is 1.19 bits per heavy atom. The van der Waals surface area contributed by atoms with Crippen LogP contribution in [0.2, 0.25) is 0 Å². The minimum atomic E-state index is -0.198. The number of methoxy groups -OCH3 is 1. The van der Waals surface area contributed by atoms with Gasteiger partial charge in [0.15, 0.2) is 5.66 Å². The van der Waals surface area contributed by atoms with Crippen molar-refractivity contribution in [2.24, 2.45) is 9.98 Å². The molecule has 1 aliphatic carbocycles. The maximum absolute atomic E-state index is 5.23. The molecule has 0 unspecified atom stereocenters. The van der Waals surface area contributed by atoms with Crippen molar-refractivity contribution >= 4 is 0 Å². The Morgan fingerprint density at radius 2 is 2.00 bits per heavy atom. The summed E-state index contributed by atoms with van der Waals surface area (Å²) in [6.45, 7) is 0. The highest BCUT2D eigenvalue weighted by Crippen LogP contribution is 2.33. The van der Waals surface area contributed by atoms with Crippen molar-refractivity contribution < 1.29 is 4.74 Å². The molecule has 1 fully saturated rings. The second kappa shape index (κ2) is 3.54. The number of nitrogens with zero attached hydrogens (tertiary/aromatic N) is 3. The maximum Gasteiger partial charge on any atom is 0.241 e. The van der Waals surface area contributed by atoms with E-state index in [1.165, 1.54) is 19.3 Å². The van der Waals surface area contributed by atoms with Crippen LogP contribution in [0.25, 0.3) is 0 Å². The fraction of sp³-hybridized carbons (Fsp3) is 0.583. The molecule has 4 heteroatoms. The fourth-order valence-electron chi connectivity index (χ4n) is 2.57. The number of aromatic nitrogens is 1. The van der Waals surface area contributed by atoms with Crippen molar-refractivity contribution in [2.45, 2.75) is 37.8 Å². The van der Waals surface area contributed by atoms with Gasteiger partial charge in [-0.05, 0) is 31.7 Å². The third-order valence-corrected chi connectivity index (χ3v) is 3.37. The first-order chi connectivity index (χ1) is 7.83. The van der Waals surface area contributed by atoms with Crippen molar-refractivity contribution in [2.75, 3.05) is 7.11 Å². The van der Waals surface area contributed by atoms with Crippen LogP contribution in [0.15, 0.2) is 22.2 Å². The Morgan fingerprint density at radius 3 is 2.75 bits per heavy atom. The standard InChI is InChI=1S/C12H15N3O/c1-16-11-10-9(5-8-13-11)14-12(15-10)6-3-2-4-7-12/h5,8H,2-4,6-7H2,1H3. The number of ether oxygens (including phenoxy) is 1. The van der Waals surface area contributed by atoms with Gasteiger partial charge in [0.25, 0.3) is 0 Å². The van der Waals surface area contributed by atoms with Gasteiger partial charge < -0.3 is 4.74 Å². The lowest BCUT2D eigenvalue weighted by molar-refractivity contribution is 0.307. The van der Waals surface area contributed by atoms with Crippen molar-refractivity contribution in [3.63, 3.8) is 0 Å². The van der Waals surface area contributed by atoms with Crippen LogP contribution in [0, 0.1) is 0 Å². The minimum absolute atomic E-state index is 0.198. The number of rotatable bonds is 1. The third-order valence-electron chi connectivity index (χ3n) is 3.37. The third kappa shape index (κ3) is 1.40. The molecule has 3 rings (SSSR count). The normalized spacial score (nSPS) is 21.1. The molecule has 1 spiro atoms. The SMILES string of the molecule is COc1nccc2c1=NC1(CCCCC1)N=2. The Balaban J connectivity index is 2.14. The molecule has 0 saturated heterocycles. The highest BCUT2D eigenvalue weighted by molar-refractivity contribution is 5.14. The molecule has 84 valence electrons. The zero-order valence-corrected chi connectivity index (χ0v) is 9.44. The van der Waals surface area contributed by atoms with Crippen molar-refractivity contribution in [3.05, 3.63) is 23.0 Å². The quantitative estimate of drug-likeness (QED) is 0.704. The molecule has 0 bridgehead atoms. The Labute approximate surface area is 94.1 Å². The summed E-state index contributed by atoms with van der Waals surface area (Å²) in [5.74, 6) is 0.601. The molecule has 16 heavy (non-hydrogen) atoms. The molecule has 1 aliphatic heterocycles. The summed E-state index contributed by atoms with van der Waals surface area (Å²) in [4.78, 5) is 13.7. The molecule has 2 heterocycles. The van der Waals surface area contributed by atoms with Crippen molar-refractivity contribution in [1.82, 2.24) is 4.98 Å². The number of hydrogen-bond donors (Lipinski definition) is 0. The Hall–Kier alpha value is -1.45. The lowest BCUT2D eigenvalue weighted by Gasteiger charge is -2.27. The summed E-state index contributed by atoms with van der Waals surface area (Å²) in [7, 11) is 1.63. The van der Waals surface area contributed by atoms with Crippen molar-refractivity contribution in [1.29, 1.82) is 0 Å². The highest BCUT2D eigenvalue weighted by Gasteiger charge is 2.33. The molecule has 0 aromatic carbocycles. The minimum Gasteiger partial charge on any atom is -0.479 e. The van der Waals surface area contributed by atoms with Gasteiger partial charge in [-0.15, -0.1) is 0 Å². The molecule has 0 N–H and O–H groups in total. The zero-order valence-electron chi connectivity index (χ0n) is 9.44. The van der Waals surface area contributed by atoms with E-state index in [9.17, 15) is 0 Å². The summed E-state index contributed by atoms with van der Waals surface area (Å²) in [6, 6.07) is 1.92. The van der Waals surface area contributed by atoms with Crippen LogP contribution in [0.1, 0.15) is 32.1 Å². The van der Waals surface area contributed by atoms with Gasteiger partial charge in [0, 0.05) is 6.20 Å². The monoisotopic (exact) mass is 217 g/mol. The molecule has 4 nitrogen and oxygen atoms in total. The van der Waals surface area contributed by atoms with E-state index < -0.39 is 0 Å². The number of fused-ring (bicyclic) bond motifs is 1. The van der Waals surface area contributed by atoms with Crippen LogP contribution in [0.3, 0.4) is 0 Å². The summed E-state index contributed by atoms with van der Waals surface area (Å²) in [5, 5.41) is 1.78. The van der Waals surface area contributed by atoms with E-state index in [1.807, 2.05) is 6.07 Å². The summed E-state index contributed by atoms with van der Waals surface area (Å²) < 4.78 is 5.23. The molecule has 1 saturated carbocycles. The molecule has 0 amide bonds. The van der Waals surface area contributed by atoms with E-state index in [1.54, 1.807) is 13.3 Å². The van der Waals surface area contributed by atoms with E-state index in [-0.39, 0.29) is 5.66 Å². The van der Waals surface area contributed by atoms with Crippen LogP contribution in [0.4, 0.5) is 0 Å². The van der Waals surface area contributed by atoms with Gasteiger partial charge in [-0.3, -0.25) is 4.99 Å². The average Bonchev–Trinajstić information content (AvgIpc) is 2.67. The molecule has 0 atom stereocenters. The molecule has 0 radical (unpaired) electrons. The largest absolute Gasteiger partial charge is 0.479 e. The van der Waals surface area contributed by atoms with E-state index in [0.29, 0.717) is 5.88 Å². The van der Waals surface area contributed by atoms with Gasteiger partial charge >= 0.3 is 0 Å². The lowest BCUT2D eigenvalue weighted by atomic mass is 9.90. The summed E-state index contributed by atoms with van der Waals surface area (Å²) in [6.07, 6.45) is 7.60. The maximum atomic E-state index is 5.23. The van der Waals surface area contributed by atoms with Gasteiger partial charge in [-0.25, -0.2) is 9.98 Å². The van der Waals surface area contributed by atoms with Gasteiger partial charge in [0.1, 0.15) is 5.36 Å². The van der Waals surface area contributed by atoms with Gasteiger partial charge in [0.05, 0.1) is 12.5 Å². The average molecular weight is 217 g/mol. The molecule has 1 aromatic heterocycles. The Kier molecular flexibility index (Phi) is 2.16. The second-order valence-corrected chi connectivity index (χ2v) is 4.45. The second-order valence-electron chi connectivity index (χ2n) is 4.45. The van der Waals surface area contributed by atoms with Crippen molar-refractivity contribution in [3.8, 4) is 5.88 Å². The van der Waals surface area contributed by atoms with E-state index in [0.717, 1.165) is 23.6 Å². The van der Waals surface area contributed by atoms with E-state index in [4.69, 9.17) is 14.7 Å². The van der Waals surface area contributed by atoms with Gasteiger partial charge in [-0.1, -0.05) is 6.42 Å². The number of hydrogen-bond acceptors (Lipinski definition) is 4. The van der Waals surface area contributed by atoms with Crippen LogP contribution in [-0.4, -0.2) is 17.8 Å². The molecular weight excluding hydrogens is 202 g/mol. The first-order valence-corrected chi connectivity index (χ1v) is 5.82. The highest BCUT2D eigenvalue weighted by atomic mass is 16.5. The van der Waals surface area contributed by atoms with E-state index in [2.05, 4.69) is 4.98 Å². The Bertz CT molecular complexity index is 518. The summed E-state index contributed by atoms with van der Waals surface area (Å²) >= 11 is 0. The predicted octanol–water partition coefficient (Wildman–Crippen LogP) is 1.00. The lowest BCUT2D eigenvalue weighted by Crippen LogP contribution is -2.26. The van der Waals surface area contributed by atoms with Crippen LogP contribution < -0.4 is 15.5 Å². The molecule has 1 aromatic rings. The van der Waals surface area contributed by atoms with Crippen LogP contribution in [0.5, 0.6) is 5.88 Å². The molecule has 2 aliphatic rings. The smallest absolute Gasteiger partial charge is 0.241 e. The summed E-state index contributed by atoms with van der Waals surface area (Å²) in [5.41, 5.74) is -0.198. The van der Waals surface area contributed by atoms with Gasteiger partial charge in [0.2, 0.25) is 5.88 Å². The topological polar surface area (TPSA) is 46.8 Å². The van der Waals surface area contributed by atoms with Gasteiger partial charge in [-0.2, -0.15) is 0 Å².